The van der Waals surface area contributed by atoms with Gasteiger partial charge in [0.25, 0.3) is 5.91 Å². The molecule has 0 atom stereocenters. The van der Waals surface area contributed by atoms with E-state index in [-0.39, 0.29) is 11.7 Å². The quantitative estimate of drug-likeness (QED) is 0.569. The molecule has 4 rings (SSSR count). The van der Waals surface area contributed by atoms with Crippen LogP contribution in [0.4, 0.5) is 10.1 Å². The van der Waals surface area contributed by atoms with Gasteiger partial charge in [-0.15, -0.1) is 11.3 Å². The van der Waals surface area contributed by atoms with Gasteiger partial charge in [-0.2, -0.15) is 5.10 Å². The van der Waals surface area contributed by atoms with E-state index in [1.54, 1.807) is 34.5 Å². The predicted octanol–water partition coefficient (Wildman–Crippen LogP) is 4.36. The molecule has 0 unspecified atom stereocenters. The van der Waals surface area contributed by atoms with E-state index < -0.39 is 0 Å². The summed E-state index contributed by atoms with van der Waals surface area (Å²) < 4.78 is 18.2. The van der Waals surface area contributed by atoms with Crippen molar-refractivity contribution >= 4 is 33.1 Å². The van der Waals surface area contributed by atoms with Gasteiger partial charge in [-0.3, -0.25) is 9.48 Å². The van der Waals surface area contributed by atoms with Crippen LogP contribution in [0.25, 0.3) is 10.2 Å². The van der Waals surface area contributed by atoms with Crippen molar-refractivity contribution in [2.45, 2.75) is 20.0 Å². The lowest BCUT2D eigenvalue weighted by Crippen LogP contribution is -2.17. The van der Waals surface area contributed by atoms with Crippen LogP contribution in [0.5, 0.6) is 0 Å². The first kappa shape index (κ1) is 16.5. The Bertz CT molecular complexity index is 1080. The average molecular weight is 368 g/mol. The van der Waals surface area contributed by atoms with E-state index in [1.165, 1.54) is 12.1 Å². The number of fused-ring (bicyclic) bond motifs is 1. The van der Waals surface area contributed by atoms with Crippen LogP contribution >= 0.6 is 11.3 Å². The number of carbonyl (C=O) groups excluding carboxylic acids is 1. The van der Waals surface area contributed by atoms with Crippen LogP contribution in [0, 0.1) is 5.82 Å². The van der Waals surface area contributed by atoms with Gasteiger partial charge in [0.2, 0.25) is 0 Å². The zero-order valence-electron chi connectivity index (χ0n) is 14.1. The number of benzene rings is 1. The number of nitrogens with one attached hydrogen (secondary N) is 1. The van der Waals surface area contributed by atoms with Gasteiger partial charge in [0.15, 0.2) is 0 Å². The van der Waals surface area contributed by atoms with Crippen LogP contribution in [0.3, 0.4) is 0 Å². The zero-order valence-corrected chi connectivity index (χ0v) is 15.0. The molecule has 0 saturated heterocycles. The fourth-order valence-corrected chi connectivity index (χ4v) is 3.77. The van der Waals surface area contributed by atoms with Crippen molar-refractivity contribution in [3.8, 4) is 0 Å². The van der Waals surface area contributed by atoms with E-state index in [1.807, 2.05) is 35.1 Å². The molecule has 4 aromatic rings. The van der Waals surface area contributed by atoms with Crippen LogP contribution in [0.2, 0.25) is 0 Å². The van der Waals surface area contributed by atoms with E-state index in [9.17, 15) is 9.18 Å². The third kappa shape index (κ3) is 3.13. The second-order valence-corrected chi connectivity index (χ2v) is 6.90. The summed E-state index contributed by atoms with van der Waals surface area (Å²) in [5, 5.41) is 9.04. The number of aryl methyl sites for hydroxylation is 1. The second kappa shape index (κ2) is 6.76. The van der Waals surface area contributed by atoms with Gasteiger partial charge >= 0.3 is 0 Å². The van der Waals surface area contributed by atoms with Gasteiger partial charge in [0.1, 0.15) is 11.5 Å². The van der Waals surface area contributed by atoms with Crippen LogP contribution in [0.15, 0.2) is 54.2 Å². The lowest BCUT2D eigenvalue weighted by atomic mass is 10.2. The summed E-state index contributed by atoms with van der Waals surface area (Å²) in [6, 6.07) is 10.3. The van der Waals surface area contributed by atoms with Crippen LogP contribution in [-0.2, 0) is 13.1 Å². The molecule has 0 aliphatic rings. The highest BCUT2D eigenvalue weighted by atomic mass is 32.1. The standard InChI is InChI=1S/C19H17FN4OS/c1-2-23-12-15(10-21-23)22-19(25)17-9-18-16(6-7-26-18)24(17)11-13-4-3-5-14(20)8-13/h3-10,12H,2,11H2,1H3,(H,22,25). The Kier molecular flexibility index (Phi) is 4.30. The molecule has 0 aliphatic heterocycles. The Balaban J connectivity index is 1.67. The molecule has 5 nitrogen and oxygen atoms in total. The van der Waals surface area contributed by atoms with Crippen LogP contribution in [-0.4, -0.2) is 20.3 Å². The summed E-state index contributed by atoms with van der Waals surface area (Å²) in [4.78, 5) is 12.8. The maximum Gasteiger partial charge on any atom is 0.272 e. The lowest BCUT2D eigenvalue weighted by Gasteiger charge is -2.10. The van der Waals surface area contributed by atoms with Crippen molar-refractivity contribution in [2.24, 2.45) is 0 Å². The monoisotopic (exact) mass is 368 g/mol. The topological polar surface area (TPSA) is 51.9 Å². The number of anilines is 1. The molecule has 3 aromatic heterocycles. The van der Waals surface area contributed by atoms with E-state index in [0.717, 1.165) is 22.3 Å². The van der Waals surface area contributed by atoms with E-state index in [4.69, 9.17) is 0 Å². The third-order valence-electron chi connectivity index (χ3n) is 4.20. The summed E-state index contributed by atoms with van der Waals surface area (Å²) in [5.41, 5.74) is 2.97. The number of carbonyl (C=O) groups is 1. The molecule has 0 saturated carbocycles. The van der Waals surface area contributed by atoms with Crippen LogP contribution in [0.1, 0.15) is 23.0 Å². The van der Waals surface area contributed by atoms with E-state index in [2.05, 4.69) is 10.4 Å². The Morgan fingerprint density at radius 1 is 1.31 bits per heavy atom. The molecule has 0 aliphatic carbocycles. The highest BCUT2D eigenvalue weighted by Gasteiger charge is 2.17. The highest BCUT2D eigenvalue weighted by molar-refractivity contribution is 7.17. The number of thiophene rings is 1. The van der Waals surface area contributed by atoms with Gasteiger partial charge in [0, 0.05) is 19.3 Å². The van der Waals surface area contributed by atoms with Crippen molar-refractivity contribution in [2.75, 3.05) is 5.32 Å². The number of halogens is 1. The zero-order chi connectivity index (χ0) is 18.1. The molecule has 132 valence electrons. The minimum absolute atomic E-state index is 0.208. The number of hydrogen-bond donors (Lipinski definition) is 1. The number of amides is 1. The van der Waals surface area contributed by atoms with Gasteiger partial charge in [-0.05, 0) is 42.1 Å². The largest absolute Gasteiger partial charge is 0.331 e. The molecule has 7 heteroatoms. The minimum atomic E-state index is -0.283. The Morgan fingerprint density at radius 2 is 2.19 bits per heavy atom. The van der Waals surface area contributed by atoms with E-state index in [0.29, 0.717) is 17.9 Å². The number of aromatic nitrogens is 3. The van der Waals surface area contributed by atoms with Gasteiger partial charge in [0.05, 0.1) is 22.1 Å². The van der Waals surface area contributed by atoms with E-state index >= 15 is 0 Å². The molecule has 1 aromatic carbocycles. The molecule has 0 spiro atoms. The molecular formula is C19H17FN4OS. The van der Waals surface area contributed by atoms with Gasteiger partial charge < -0.3 is 9.88 Å². The fraction of sp³-hybridized carbons (Fsp3) is 0.158. The Morgan fingerprint density at radius 3 is 2.96 bits per heavy atom. The molecule has 0 radical (unpaired) electrons. The molecule has 1 N–H and O–H groups in total. The first-order valence-electron chi connectivity index (χ1n) is 8.29. The first-order valence-corrected chi connectivity index (χ1v) is 9.17. The molecule has 26 heavy (non-hydrogen) atoms. The Hall–Kier alpha value is -2.93. The molecule has 1 amide bonds. The summed E-state index contributed by atoms with van der Waals surface area (Å²) >= 11 is 1.58. The van der Waals surface area contributed by atoms with Crippen molar-refractivity contribution in [1.29, 1.82) is 0 Å². The molecule has 0 fully saturated rings. The van der Waals surface area contributed by atoms with Crippen molar-refractivity contribution in [1.82, 2.24) is 14.3 Å². The normalized spacial score (nSPS) is 11.2. The summed E-state index contributed by atoms with van der Waals surface area (Å²) in [7, 11) is 0. The minimum Gasteiger partial charge on any atom is -0.331 e. The van der Waals surface area contributed by atoms with Gasteiger partial charge in [-0.25, -0.2) is 4.39 Å². The maximum absolute atomic E-state index is 13.5. The maximum atomic E-state index is 13.5. The Labute approximate surface area is 153 Å². The highest BCUT2D eigenvalue weighted by Crippen LogP contribution is 2.27. The second-order valence-electron chi connectivity index (χ2n) is 5.95. The number of nitrogens with zero attached hydrogens (tertiary/aromatic N) is 3. The van der Waals surface area contributed by atoms with Crippen LogP contribution < -0.4 is 5.32 Å². The first-order chi connectivity index (χ1) is 12.6. The summed E-state index contributed by atoms with van der Waals surface area (Å²) in [6.45, 7) is 3.15. The molecule has 3 heterocycles. The van der Waals surface area contributed by atoms with Crippen molar-refractivity contribution in [3.63, 3.8) is 0 Å². The summed E-state index contributed by atoms with van der Waals surface area (Å²) in [6.07, 6.45) is 3.42. The fourth-order valence-electron chi connectivity index (χ4n) is 2.95. The lowest BCUT2D eigenvalue weighted by molar-refractivity contribution is 0.101. The summed E-state index contributed by atoms with van der Waals surface area (Å²) in [5.74, 6) is -0.491. The molecular weight excluding hydrogens is 351 g/mol. The number of hydrogen-bond acceptors (Lipinski definition) is 3. The van der Waals surface area contributed by atoms with Gasteiger partial charge in [-0.1, -0.05) is 12.1 Å². The number of rotatable bonds is 5. The third-order valence-corrected chi connectivity index (χ3v) is 5.05. The van der Waals surface area contributed by atoms with Crippen molar-refractivity contribution < 1.29 is 9.18 Å². The average Bonchev–Trinajstić information content (AvgIpc) is 3.32. The smallest absolute Gasteiger partial charge is 0.272 e. The van der Waals surface area contributed by atoms with Crippen molar-refractivity contribution in [3.05, 3.63) is 71.2 Å². The SMILES string of the molecule is CCn1cc(NC(=O)c2cc3sccc3n2Cc2cccc(F)c2)cn1. The predicted molar refractivity (Wildman–Crippen MR) is 101 cm³/mol. The molecule has 0 bridgehead atoms.